The Kier molecular flexibility index (Phi) is 6.01. The van der Waals surface area contributed by atoms with Gasteiger partial charge < -0.3 is 0 Å². The van der Waals surface area contributed by atoms with Gasteiger partial charge in [-0.3, -0.25) is 4.79 Å². The molecule has 0 spiro atoms. The molecule has 0 aliphatic carbocycles. The average Bonchev–Trinajstić information content (AvgIpc) is 2.45. The molecule has 6 nitrogen and oxygen atoms in total. The summed E-state index contributed by atoms with van der Waals surface area (Å²) < 4.78 is 64.3. The number of hydrogen-bond donors (Lipinski definition) is 1. The summed E-state index contributed by atoms with van der Waals surface area (Å²) in [5.41, 5.74) is -1.91. The fraction of sp³-hybridized carbons (Fsp3) is 0.250. The van der Waals surface area contributed by atoms with Crippen LogP contribution in [0, 0.1) is 22.7 Å². The van der Waals surface area contributed by atoms with E-state index in [1.807, 2.05) is 0 Å². The van der Waals surface area contributed by atoms with E-state index in [2.05, 4.69) is 0 Å². The average molecular weight is 363 g/mol. The Balaban J connectivity index is 3.17. The lowest BCUT2D eigenvalue weighted by Crippen LogP contribution is -2.33. The second kappa shape index (κ2) is 7.35. The molecule has 23 heavy (non-hydrogen) atoms. The molecule has 0 saturated heterocycles. The molecule has 0 fully saturated rings. The van der Waals surface area contributed by atoms with E-state index in [0.717, 1.165) is 17.8 Å². The van der Waals surface area contributed by atoms with E-state index in [1.54, 1.807) is 6.07 Å². The van der Waals surface area contributed by atoms with Crippen LogP contribution >= 0.6 is 11.8 Å². The zero-order valence-corrected chi connectivity index (χ0v) is 12.8. The minimum absolute atomic E-state index is 0.0713. The predicted octanol–water partition coefficient (Wildman–Crippen LogP) is 1.64. The number of nitrogens with one attached hydrogen (secondary N) is 1. The molecule has 0 atom stereocenters. The van der Waals surface area contributed by atoms with Crippen LogP contribution in [0.1, 0.15) is 11.1 Å². The van der Waals surface area contributed by atoms with Crippen LogP contribution in [0.5, 0.6) is 0 Å². The summed E-state index contributed by atoms with van der Waals surface area (Å²) in [7, 11) is -4.76. The summed E-state index contributed by atoms with van der Waals surface area (Å²) in [6.45, 7) is 0. The highest BCUT2D eigenvalue weighted by atomic mass is 32.2. The number of rotatable bonds is 5. The molecule has 122 valence electrons. The summed E-state index contributed by atoms with van der Waals surface area (Å²) in [4.78, 5) is 10.3. The summed E-state index contributed by atoms with van der Waals surface area (Å²) in [6, 6.07) is 5.09. The highest BCUT2D eigenvalue weighted by Crippen LogP contribution is 2.34. The van der Waals surface area contributed by atoms with Gasteiger partial charge in [0.1, 0.15) is 0 Å². The molecule has 0 radical (unpaired) electrons. The summed E-state index contributed by atoms with van der Waals surface area (Å²) in [5.74, 6) is -1.52. The molecule has 0 aliphatic rings. The maximum absolute atomic E-state index is 13.0. The van der Waals surface area contributed by atoms with Gasteiger partial charge in [0.15, 0.2) is 0 Å². The number of carbonyl (C=O) groups is 1. The molecule has 0 heterocycles. The Bertz CT molecular complexity index is 792. The Hall–Kier alpha value is -2.24. The highest BCUT2D eigenvalue weighted by molar-refractivity contribution is 8.00. The second-order valence-electron chi connectivity index (χ2n) is 4.00. The van der Waals surface area contributed by atoms with Crippen LogP contribution in [0.25, 0.3) is 0 Å². The van der Waals surface area contributed by atoms with E-state index in [0.29, 0.717) is 12.1 Å². The van der Waals surface area contributed by atoms with Gasteiger partial charge in [-0.05, 0) is 18.2 Å². The molecule has 1 N–H and O–H groups in total. The first-order chi connectivity index (χ1) is 10.6. The Morgan fingerprint density at radius 3 is 2.48 bits per heavy atom. The summed E-state index contributed by atoms with van der Waals surface area (Å²) in [5, 5.41) is 16.9. The van der Waals surface area contributed by atoms with Crippen LogP contribution < -0.4 is 4.72 Å². The Labute approximate surface area is 133 Å². The lowest BCUT2D eigenvalue weighted by molar-refractivity contribution is -0.140. The first-order valence-electron chi connectivity index (χ1n) is 5.73. The van der Waals surface area contributed by atoms with E-state index >= 15 is 0 Å². The Morgan fingerprint density at radius 1 is 1.30 bits per heavy atom. The van der Waals surface area contributed by atoms with Crippen LogP contribution in [-0.2, 0) is 21.0 Å². The number of hydrogen-bond acceptors (Lipinski definition) is 6. The lowest BCUT2D eigenvalue weighted by Gasteiger charge is -2.14. The van der Waals surface area contributed by atoms with Crippen molar-refractivity contribution in [3.63, 3.8) is 0 Å². The van der Waals surface area contributed by atoms with Gasteiger partial charge in [0.05, 0.1) is 39.7 Å². The third-order valence-electron chi connectivity index (χ3n) is 2.35. The van der Waals surface area contributed by atoms with E-state index in [9.17, 15) is 26.4 Å². The van der Waals surface area contributed by atoms with Crippen molar-refractivity contribution >= 4 is 27.7 Å². The SMILES string of the molecule is N#CCSCC(=O)NS(=O)(=O)c1ccc(C#N)cc1C(F)(F)F. The fourth-order valence-electron chi connectivity index (χ4n) is 1.48. The molecular formula is C12H8F3N3O3S2. The fourth-order valence-corrected chi connectivity index (χ4v) is 3.21. The minimum Gasteiger partial charge on any atom is -0.273 e. The third kappa shape index (κ3) is 5.16. The van der Waals surface area contributed by atoms with Crippen molar-refractivity contribution in [2.24, 2.45) is 0 Å². The van der Waals surface area contributed by atoms with Crippen LogP contribution in [0.3, 0.4) is 0 Å². The molecule has 0 saturated carbocycles. The van der Waals surface area contributed by atoms with Crippen LogP contribution in [-0.4, -0.2) is 25.8 Å². The smallest absolute Gasteiger partial charge is 0.273 e. The molecule has 0 aromatic heterocycles. The molecule has 1 aromatic carbocycles. The van der Waals surface area contributed by atoms with Crippen molar-refractivity contribution in [3.8, 4) is 12.1 Å². The zero-order valence-electron chi connectivity index (χ0n) is 11.2. The number of halogens is 3. The van der Waals surface area contributed by atoms with Crippen molar-refractivity contribution in [2.45, 2.75) is 11.1 Å². The molecule has 0 unspecified atom stereocenters. The molecule has 0 bridgehead atoms. The van der Waals surface area contributed by atoms with Gasteiger partial charge in [0.25, 0.3) is 10.0 Å². The molecule has 1 amide bonds. The van der Waals surface area contributed by atoms with E-state index < -0.39 is 38.3 Å². The van der Waals surface area contributed by atoms with Crippen LogP contribution in [0.15, 0.2) is 23.1 Å². The molecule has 1 rings (SSSR count). The van der Waals surface area contributed by atoms with Gasteiger partial charge >= 0.3 is 6.18 Å². The van der Waals surface area contributed by atoms with Crippen molar-refractivity contribution < 1.29 is 26.4 Å². The number of nitrogens with zero attached hydrogens (tertiary/aromatic N) is 2. The van der Waals surface area contributed by atoms with E-state index in [4.69, 9.17) is 10.5 Å². The van der Waals surface area contributed by atoms with Crippen molar-refractivity contribution in [1.82, 2.24) is 4.72 Å². The van der Waals surface area contributed by atoms with Crippen LogP contribution in [0.2, 0.25) is 0 Å². The number of benzene rings is 1. The quantitative estimate of drug-likeness (QED) is 0.796. The van der Waals surface area contributed by atoms with Gasteiger partial charge in [-0.1, -0.05) is 0 Å². The minimum atomic E-state index is -5.02. The van der Waals surface area contributed by atoms with E-state index in [-0.39, 0.29) is 11.3 Å². The number of thioether (sulfide) groups is 1. The predicted molar refractivity (Wildman–Crippen MR) is 74.4 cm³/mol. The van der Waals surface area contributed by atoms with Gasteiger partial charge in [0.2, 0.25) is 5.91 Å². The Morgan fingerprint density at radius 2 is 1.96 bits per heavy atom. The van der Waals surface area contributed by atoms with E-state index in [1.165, 1.54) is 10.8 Å². The second-order valence-corrected chi connectivity index (χ2v) is 6.64. The standard InChI is InChI=1S/C12H8F3N3O3S2/c13-12(14,15)9-5-8(6-17)1-2-10(9)23(20,21)18-11(19)7-22-4-3-16/h1-2,5H,4,7H2,(H,18,19). The van der Waals surface area contributed by atoms with Crippen molar-refractivity contribution in [2.75, 3.05) is 11.5 Å². The van der Waals surface area contributed by atoms with Gasteiger partial charge in [-0.2, -0.15) is 23.7 Å². The first kappa shape index (κ1) is 18.8. The normalized spacial score (nSPS) is 11.3. The number of sulfonamides is 1. The maximum atomic E-state index is 13.0. The van der Waals surface area contributed by atoms with Crippen molar-refractivity contribution in [1.29, 1.82) is 10.5 Å². The van der Waals surface area contributed by atoms with Gasteiger partial charge in [-0.15, -0.1) is 11.8 Å². The van der Waals surface area contributed by atoms with Crippen LogP contribution in [0.4, 0.5) is 13.2 Å². The molecule has 11 heteroatoms. The van der Waals surface area contributed by atoms with Gasteiger partial charge in [0, 0.05) is 0 Å². The topological polar surface area (TPSA) is 111 Å². The molecule has 0 aliphatic heterocycles. The number of amides is 1. The maximum Gasteiger partial charge on any atom is 0.417 e. The monoisotopic (exact) mass is 363 g/mol. The largest absolute Gasteiger partial charge is 0.417 e. The molecular weight excluding hydrogens is 355 g/mol. The lowest BCUT2D eigenvalue weighted by atomic mass is 10.1. The number of nitriles is 2. The van der Waals surface area contributed by atoms with Crippen molar-refractivity contribution in [3.05, 3.63) is 29.3 Å². The molecule has 1 aromatic rings. The zero-order chi connectivity index (χ0) is 17.7. The number of alkyl halides is 3. The third-order valence-corrected chi connectivity index (χ3v) is 4.58. The number of carbonyl (C=O) groups excluding carboxylic acids is 1. The highest BCUT2D eigenvalue weighted by Gasteiger charge is 2.38. The summed E-state index contributed by atoms with van der Waals surface area (Å²) >= 11 is 0.810. The first-order valence-corrected chi connectivity index (χ1v) is 8.37. The van der Waals surface area contributed by atoms with Gasteiger partial charge in [-0.25, -0.2) is 13.1 Å². The summed E-state index contributed by atoms with van der Waals surface area (Å²) in [6.07, 6.45) is -5.02.